The average molecular weight is 206 g/mol. The molecule has 1 atom stereocenters. The van der Waals surface area contributed by atoms with Gasteiger partial charge in [-0.3, -0.25) is 0 Å². The Bertz CT molecular complexity index is 319. The molecular weight excluding hydrogens is 188 g/mol. The Labute approximate surface area is 90.9 Å². The van der Waals surface area contributed by atoms with Crippen LogP contribution in [0.1, 0.15) is 38.3 Å². The van der Waals surface area contributed by atoms with Crippen LogP contribution in [0.25, 0.3) is 0 Å². The zero-order chi connectivity index (χ0) is 10.7. The van der Waals surface area contributed by atoms with E-state index in [2.05, 4.69) is 16.4 Å². The summed E-state index contributed by atoms with van der Waals surface area (Å²) in [7, 11) is 0. The van der Waals surface area contributed by atoms with Crippen LogP contribution < -0.4 is 10.1 Å². The fourth-order valence-electron chi connectivity index (χ4n) is 1.94. The van der Waals surface area contributed by atoms with Crippen LogP contribution in [-0.4, -0.2) is 17.6 Å². The Kier molecular flexibility index (Phi) is 3.21. The number of hydrogen-bond donors (Lipinski definition) is 1. The molecule has 0 unspecified atom stereocenters. The molecule has 1 aliphatic rings. The molecule has 1 fully saturated rings. The molecule has 82 valence electrons. The van der Waals surface area contributed by atoms with Gasteiger partial charge in [0, 0.05) is 17.8 Å². The molecule has 3 nitrogen and oxygen atoms in total. The van der Waals surface area contributed by atoms with Crippen LogP contribution in [0, 0.1) is 0 Å². The van der Waals surface area contributed by atoms with E-state index in [1.807, 2.05) is 19.9 Å². The van der Waals surface area contributed by atoms with E-state index in [4.69, 9.17) is 4.74 Å². The predicted octanol–water partition coefficient (Wildman–Crippen LogP) is 2.29. The molecule has 0 aromatic carbocycles. The van der Waals surface area contributed by atoms with Crippen LogP contribution in [0.4, 0.5) is 0 Å². The van der Waals surface area contributed by atoms with Crippen LogP contribution in [-0.2, 0) is 0 Å². The van der Waals surface area contributed by atoms with Crippen LogP contribution >= 0.6 is 0 Å². The van der Waals surface area contributed by atoms with Crippen LogP contribution in [0.15, 0.2) is 18.3 Å². The van der Waals surface area contributed by atoms with E-state index in [9.17, 15) is 0 Å². The Morgan fingerprint density at radius 3 is 3.07 bits per heavy atom. The van der Waals surface area contributed by atoms with Gasteiger partial charge in [0.15, 0.2) is 0 Å². The second-order valence-electron chi connectivity index (χ2n) is 4.21. The van der Waals surface area contributed by atoms with Crippen molar-refractivity contribution in [3.63, 3.8) is 0 Å². The second-order valence-corrected chi connectivity index (χ2v) is 4.21. The summed E-state index contributed by atoms with van der Waals surface area (Å²) < 4.78 is 5.71. The highest BCUT2D eigenvalue weighted by Gasteiger charge is 2.20. The van der Waals surface area contributed by atoms with Crippen molar-refractivity contribution in [1.82, 2.24) is 10.3 Å². The van der Waals surface area contributed by atoms with Crippen molar-refractivity contribution in [2.75, 3.05) is 6.54 Å². The fourth-order valence-corrected chi connectivity index (χ4v) is 1.94. The minimum absolute atomic E-state index is 0.181. The van der Waals surface area contributed by atoms with E-state index < -0.39 is 0 Å². The van der Waals surface area contributed by atoms with E-state index in [1.165, 1.54) is 18.4 Å². The summed E-state index contributed by atoms with van der Waals surface area (Å²) in [5.74, 6) is 0.784. The highest BCUT2D eigenvalue weighted by molar-refractivity contribution is 5.29. The van der Waals surface area contributed by atoms with E-state index in [0.717, 1.165) is 12.4 Å². The zero-order valence-electron chi connectivity index (χ0n) is 9.36. The molecule has 2 rings (SSSR count). The highest BCUT2D eigenvalue weighted by atomic mass is 16.5. The van der Waals surface area contributed by atoms with E-state index in [-0.39, 0.29) is 6.10 Å². The molecule has 2 heterocycles. The summed E-state index contributed by atoms with van der Waals surface area (Å²) in [4.78, 5) is 4.30. The number of rotatable bonds is 3. The van der Waals surface area contributed by atoms with Gasteiger partial charge in [-0.05, 0) is 39.3 Å². The largest absolute Gasteiger partial charge is 0.475 e. The van der Waals surface area contributed by atoms with Crippen molar-refractivity contribution < 1.29 is 4.74 Å². The molecule has 3 heteroatoms. The quantitative estimate of drug-likeness (QED) is 0.824. The molecule has 15 heavy (non-hydrogen) atoms. The second kappa shape index (κ2) is 4.62. The first-order valence-electron chi connectivity index (χ1n) is 5.62. The number of nitrogens with zero attached hydrogens (tertiary/aromatic N) is 1. The summed E-state index contributed by atoms with van der Waals surface area (Å²) >= 11 is 0. The molecule has 0 bridgehead atoms. The van der Waals surface area contributed by atoms with Gasteiger partial charge in [-0.1, -0.05) is 6.07 Å². The molecule has 0 spiro atoms. The van der Waals surface area contributed by atoms with Crippen molar-refractivity contribution in [3.05, 3.63) is 23.9 Å². The lowest BCUT2D eigenvalue weighted by Gasteiger charge is -2.16. The third kappa shape index (κ3) is 2.48. The topological polar surface area (TPSA) is 34.1 Å². The maximum atomic E-state index is 5.71. The Hall–Kier alpha value is -1.09. The summed E-state index contributed by atoms with van der Waals surface area (Å²) in [6, 6.07) is 4.50. The molecule has 0 amide bonds. The molecule has 0 aliphatic carbocycles. The molecule has 0 radical (unpaired) electrons. The first-order chi connectivity index (χ1) is 7.27. The Morgan fingerprint density at radius 2 is 2.40 bits per heavy atom. The normalized spacial score (nSPS) is 20.9. The fraction of sp³-hybridized carbons (Fsp3) is 0.583. The lowest BCUT2D eigenvalue weighted by molar-refractivity contribution is 0.228. The molecule has 1 saturated heterocycles. The first-order valence-corrected chi connectivity index (χ1v) is 5.62. The summed E-state index contributed by atoms with van der Waals surface area (Å²) in [6.07, 6.45) is 4.39. The molecule has 1 aromatic rings. The maximum absolute atomic E-state index is 5.71. The van der Waals surface area contributed by atoms with Gasteiger partial charge < -0.3 is 10.1 Å². The molecule has 1 aromatic heterocycles. The third-order valence-corrected chi connectivity index (χ3v) is 2.58. The zero-order valence-corrected chi connectivity index (χ0v) is 9.36. The monoisotopic (exact) mass is 206 g/mol. The maximum Gasteiger partial charge on any atom is 0.218 e. The van der Waals surface area contributed by atoms with Crippen LogP contribution in [0.3, 0.4) is 0 Å². The summed E-state index contributed by atoms with van der Waals surface area (Å²) in [6.45, 7) is 5.15. The minimum Gasteiger partial charge on any atom is -0.475 e. The number of nitrogens with one attached hydrogen (secondary N) is 1. The van der Waals surface area contributed by atoms with Crippen molar-refractivity contribution in [2.24, 2.45) is 0 Å². The molecule has 1 aliphatic heterocycles. The first kappa shape index (κ1) is 10.4. The van der Waals surface area contributed by atoms with Crippen molar-refractivity contribution in [2.45, 2.75) is 38.8 Å². The van der Waals surface area contributed by atoms with Gasteiger partial charge in [-0.25, -0.2) is 4.98 Å². The Balaban J connectivity index is 2.20. The van der Waals surface area contributed by atoms with Gasteiger partial charge in [-0.2, -0.15) is 0 Å². The van der Waals surface area contributed by atoms with Gasteiger partial charge >= 0.3 is 0 Å². The molecule has 1 N–H and O–H groups in total. The van der Waals surface area contributed by atoms with Crippen LogP contribution in [0.2, 0.25) is 0 Å². The lowest BCUT2D eigenvalue weighted by Crippen LogP contribution is -2.16. The predicted molar refractivity (Wildman–Crippen MR) is 60.0 cm³/mol. The smallest absolute Gasteiger partial charge is 0.218 e. The van der Waals surface area contributed by atoms with Crippen molar-refractivity contribution in [3.8, 4) is 5.88 Å². The number of aromatic nitrogens is 1. The third-order valence-electron chi connectivity index (χ3n) is 2.58. The van der Waals surface area contributed by atoms with Gasteiger partial charge in [0.1, 0.15) is 0 Å². The number of hydrogen-bond acceptors (Lipinski definition) is 3. The van der Waals surface area contributed by atoms with Gasteiger partial charge in [0.2, 0.25) is 5.88 Å². The van der Waals surface area contributed by atoms with E-state index in [0.29, 0.717) is 6.04 Å². The molecular formula is C12H18N2O. The average Bonchev–Trinajstić information content (AvgIpc) is 2.70. The standard InChI is InChI=1S/C12H18N2O/c1-9(2)15-12-10(5-3-8-14-12)11-6-4-7-13-11/h3,5,8-9,11,13H,4,6-7H2,1-2H3/t11-/m0/s1. The van der Waals surface area contributed by atoms with Gasteiger partial charge in [0.25, 0.3) is 0 Å². The number of ether oxygens (including phenoxy) is 1. The lowest BCUT2D eigenvalue weighted by atomic mass is 10.1. The number of pyridine rings is 1. The SMILES string of the molecule is CC(C)Oc1ncccc1[C@@H]1CCCN1. The van der Waals surface area contributed by atoms with Crippen molar-refractivity contribution in [1.29, 1.82) is 0 Å². The van der Waals surface area contributed by atoms with Crippen molar-refractivity contribution >= 4 is 0 Å². The molecule has 0 saturated carbocycles. The van der Waals surface area contributed by atoms with Gasteiger partial charge in [-0.15, -0.1) is 0 Å². The van der Waals surface area contributed by atoms with E-state index >= 15 is 0 Å². The van der Waals surface area contributed by atoms with E-state index in [1.54, 1.807) is 6.20 Å². The minimum atomic E-state index is 0.181. The van der Waals surface area contributed by atoms with Crippen LogP contribution in [0.5, 0.6) is 5.88 Å². The van der Waals surface area contributed by atoms with Gasteiger partial charge in [0.05, 0.1) is 6.10 Å². The Morgan fingerprint density at radius 1 is 1.53 bits per heavy atom. The highest BCUT2D eigenvalue weighted by Crippen LogP contribution is 2.29. The summed E-state index contributed by atoms with van der Waals surface area (Å²) in [5, 5.41) is 3.47. The summed E-state index contributed by atoms with van der Waals surface area (Å²) in [5.41, 5.74) is 1.20.